The van der Waals surface area contributed by atoms with Crippen molar-refractivity contribution in [1.82, 2.24) is 0 Å². The highest BCUT2D eigenvalue weighted by molar-refractivity contribution is 6.07. The van der Waals surface area contributed by atoms with Crippen LogP contribution < -0.4 is 11.1 Å². The number of amides is 1. The van der Waals surface area contributed by atoms with Gasteiger partial charge in [-0.25, -0.2) is 0 Å². The van der Waals surface area contributed by atoms with Gasteiger partial charge in [0.2, 0.25) is 5.91 Å². The molecule has 1 unspecified atom stereocenters. The molecular weight excluding hydrogens is 254 g/mol. The summed E-state index contributed by atoms with van der Waals surface area (Å²) in [5, 5.41) is 14.5. The third-order valence-corrected chi connectivity index (χ3v) is 3.19. The lowest BCUT2D eigenvalue weighted by Crippen LogP contribution is -2.34. The Morgan fingerprint density at radius 2 is 2.00 bits per heavy atom. The molecule has 1 aromatic carbocycles. The van der Waals surface area contributed by atoms with Crippen molar-refractivity contribution in [3.63, 3.8) is 0 Å². The quantitative estimate of drug-likeness (QED) is 0.342. The predicted molar refractivity (Wildman–Crippen MR) is 81.0 cm³/mol. The lowest BCUT2D eigenvalue weighted by molar-refractivity contribution is -0.118. The van der Waals surface area contributed by atoms with Crippen LogP contribution in [0.1, 0.15) is 39.7 Å². The van der Waals surface area contributed by atoms with E-state index in [2.05, 4.69) is 31.2 Å². The number of nitrogens with one attached hydrogen (secondary N) is 1. The fourth-order valence-corrected chi connectivity index (χ4v) is 2.06. The number of benzene rings is 1. The Morgan fingerprint density at radius 3 is 2.50 bits per heavy atom. The molecule has 1 atom stereocenters. The third-order valence-electron chi connectivity index (χ3n) is 3.19. The van der Waals surface area contributed by atoms with Gasteiger partial charge in [-0.15, -0.1) is 0 Å². The van der Waals surface area contributed by atoms with E-state index in [1.165, 1.54) is 0 Å². The van der Waals surface area contributed by atoms with Crippen molar-refractivity contribution in [2.24, 2.45) is 16.8 Å². The van der Waals surface area contributed by atoms with Crippen molar-refractivity contribution in [2.45, 2.75) is 39.5 Å². The number of oxime groups is 1. The molecule has 0 aliphatic rings. The Kier molecular flexibility index (Phi) is 5.13. The monoisotopic (exact) mass is 277 g/mol. The first kappa shape index (κ1) is 16.0. The molecule has 0 bridgehead atoms. The molecule has 0 fully saturated rings. The fourth-order valence-electron chi connectivity index (χ4n) is 2.06. The van der Waals surface area contributed by atoms with E-state index in [0.29, 0.717) is 6.42 Å². The minimum absolute atomic E-state index is 0.0711. The second-order valence-corrected chi connectivity index (χ2v) is 5.77. The number of rotatable bonds is 4. The first-order valence-electron chi connectivity index (χ1n) is 6.69. The van der Waals surface area contributed by atoms with Crippen LogP contribution in [0, 0.1) is 5.92 Å². The van der Waals surface area contributed by atoms with E-state index in [1.54, 1.807) is 0 Å². The average molecular weight is 277 g/mol. The van der Waals surface area contributed by atoms with Crippen LogP contribution in [0.5, 0.6) is 0 Å². The molecular formula is C15H23N3O2. The maximum atomic E-state index is 12.2. The van der Waals surface area contributed by atoms with Crippen molar-refractivity contribution >= 4 is 17.4 Å². The summed E-state index contributed by atoms with van der Waals surface area (Å²) >= 11 is 0. The van der Waals surface area contributed by atoms with Crippen LogP contribution in [0.4, 0.5) is 5.69 Å². The first-order valence-corrected chi connectivity index (χ1v) is 6.69. The molecule has 0 spiro atoms. The van der Waals surface area contributed by atoms with Gasteiger partial charge >= 0.3 is 0 Å². The Balaban J connectivity index is 3.02. The SMILES string of the molecule is CCC(C(=O)Nc1ccccc1C(C)(C)C)C(N)=NO. The normalized spacial score (nSPS) is 13.9. The Hall–Kier alpha value is -2.04. The van der Waals surface area contributed by atoms with Gasteiger partial charge in [0.15, 0.2) is 5.84 Å². The molecule has 0 aromatic heterocycles. The average Bonchev–Trinajstić information content (AvgIpc) is 2.38. The number of nitrogens with two attached hydrogens (primary N) is 1. The lowest BCUT2D eigenvalue weighted by Gasteiger charge is -2.24. The Bertz CT molecular complexity index is 504. The van der Waals surface area contributed by atoms with E-state index in [9.17, 15) is 4.79 Å². The first-order chi connectivity index (χ1) is 9.31. The van der Waals surface area contributed by atoms with Crippen LogP contribution in [0.2, 0.25) is 0 Å². The van der Waals surface area contributed by atoms with Crippen molar-refractivity contribution in [3.8, 4) is 0 Å². The molecule has 20 heavy (non-hydrogen) atoms. The minimum atomic E-state index is -0.631. The number of hydrogen-bond donors (Lipinski definition) is 3. The smallest absolute Gasteiger partial charge is 0.235 e. The van der Waals surface area contributed by atoms with Crippen molar-refractivity contribution in [2.75, 3.05) is 5.32 Å². The number of anilines is 1. The Morgan fingerprint density at radius 1 is 1.40 bits per heavy atom. The topological polar surface area (TPSA) is 87.7 Å². The minimum Gasteiger partial charge on any atom is -0.409 e. The standard InChI is InChI=1S/C15H23N3O2/c1-5-10(13(16)18-20)14(19)17-12-9-7-6-8-11(12)15(2,3)4/h6-10,20H,5H2,1-4H3,(H2,16,18)(H,17,19). The molecule has 0 aliphatic carbocycles. The zero-order chi connectivity index (χ0) is 15.3. The van der Waals surface area contributed by atoms with Gasteiger partial charge in [-0.3, -0.25) is 4.79 Å². The van der Waals surface area contributed by atoms with Crippen LogP contribution in [0.3, 0.4) is 0 Å². The molecule has 1 rings (SSSR count). The highest BCUT2D eigenvalue weighted by Crippen LogP contribution is 2.29. The van der Waals surface area contributed by atoms with Gasteiger partial charge in [0.25, 0.3) is 0 Å². The summed E-state index contributed by atoms with van der Waals surface area (Å²) in [6.45, 7) is 8.06. The molecule has 1 aromatic rings. The van der Waals surface area contributed by atoms with Crippen LogP contribution in [0.15, 0.2) is 29.4 Å². The molecule has 110 valence electrons. The molecule has 5 heteroatoms. The summed E-state index contributed by atoms with van der Waals surface area (Å²) in [5.74, 6) is -0.967. The number of para-hydroxylation sites is 1. The predicted octanol–water partition coefficient (Wildman–Crippen LogP) is 2.70. The molecule has 0 saturated heterocycles. The summed E-state index contributed by atoms with van der Waals surface area (Å²) in [5.41, 5.74) is 7.27. The van der Waals surface area contributed by atoms with Gasteiger partial charge in [-0.2, -0.15) is 0 Å². The molecule has 0 heterocycles. The molecule has 1 amide bonds. The van der Waals surface area contributed by atoms with E-state index >= 15 is 0 Å². The summed E-state index contributed by atoms with van der Waals surface area (Å²) in [6.07, 6.45) is 0.472. The molecule has 0 aliphatic heterocycles. The summed E-state index contributed by atoms with van der Waals surface area (Å²) < 4.78 is 0. The highest BCUT2D eigenvalue weighted by Gasteiger charge is 2.24. The van der Waals surface area contributed by atoms with Crippen LogP contribution in [-0.4, -0.2) is 17.0 Å². The van der Waals surface area contributed by atoms with Crippen LogP contribution >= 0.6 is 0 Å². The van der Waals surface area contributed by atoms with Crippen molar-refractivity contribution in [3.05, 3.63) is 29.8 Å². The van der Waals surface area contributed by atoms with Crippen LogP contribution in [0.25, 0.3) is 0 Å². The van der Waals surface area contributed by atoms with E-state index in [-0.39, 0.29) is 17.2 Å². The van der Waals surface area contributed by atoms with Gasteiger partial charge in [0.05, 0.1) is 5.92 Å². The van der Waals surface area contributed by atoms with Gasteiger partial charge < -0.3 is 16.3 Å². The van der Waals surface area contributed by atoms with Gasteiger partial charge in [0, 0.05) is 5.69 Å². The maximum Gasteiger partial charge on any atom is 0.235 e. The molecule has 4 N–H and O–H groups in total. The number of carbonyl (C=O) groups excluding carboxylic acids is 1. The molecule has 5 nitrogen and oxygen atoms in total. The number of carbonyl (C=O) groups is 1. The van der Waals surface area contributed by atoms with E-state index < -0.39 is 5.92 Å². The van der Waals surface area contributed by atoms with E-state index in [0.717, 1.165) is 11.3 Å². The lowest BCUT2D eigenvalue weighted by atomic mass is 9.85. The van der Waals surface area contributed by atoms with Crippen LogP contribution in [-0.2, 0) is 10.2 Å². The fraction of sp³-hybridized carbons (Fsp3) is 0.467. The maximum absolute atomic E-state index is 12.2. The van der Waals surface area contributed by atoms with E-state index in [1.807, 2.05) is 31.2 Å². The zero-order valence-electron chi connectivity index (χ0n) is 12.5. The largest absolute Gasteiger partial charge is 0.409 e. The second kappa shape index (κ2) is 6.41. The summed E-state index contributed by atoms with van der Waals surface area (Å²) in [7, 11) is 0. The second-order valence-electron chi connectivity index (χ2n) is 5.77. The Labute approximate surface area is 119 Å². The summed E-state index contributed by atoms with van der Waals surface area (Å²) in [6, 6.07) is 7.66. The zero-order valence-corrected chi connectivity index (χ0v) is 12.5. The molecule has 0 saturated carbocycles. The van der Waals surface area contributed by atoms with Gasteiger partial charge in [-0.05, 0) is 23.5 Å². The van der Waals surface area contributed by atoms with Crippen molar-refractivity contribution < 1.29 is 10.0 Å². The third kappa shape index (κ3) is 3.73. The van der Waals surface area contributed by atoms with Gasteiger partial charge in [-0.1, -0.05) is 51.0 Å². The highest BCUT2D eigenvalue weighted by atomic mass is 16.4. The molecule has 0 radical (unpaired) electrons. The van der Waals surface area contributed by atoms with E-state index in [4.69, 9.17) is 10.9 Å². The number of amidine groups is 1. The summed E-state index contributed by atoms with van der Waals surface area (Å²) in [4.78, 5) is 12.2. The number of nitrogens with zero attached hydrogens (tertiary/aromatic N) is 1. The van der Waals surface area contributed by atoms with Gasteiger partial charge in [0.1, 0.15) is 0 Å². The number of hydrogen-bond acceptors (Lipinski definition) is 3. The van der Waals surface area contributed by atoms with Crippen molar-refractivity contribution in [1.29, 1.82) is 0 Å².